The van der Waals surface area contributed by atoms with Crippen molar-refractivity contribution in [1.82, 2.24) is 0 Å². The van der Waals surface area contributed by atoms with E-state index in [0.717, 1.165) is 23.5 Å². The molecule has 0 nitrogen and oxygen atoms in total. The molecule has 0 unspecified atom stereocenters. The fraction of sp³-hybridized carbons (Fsp3) is 0.111. The molecule has 1 aromatic carbocycles. The predicted molar refractivity (Wildman–Crippen MR) is 44.5 cm³/mol. The van der Waals surface area contributed by atoms with Crippen molar-refractivity contribution in [2.45, 2.75) is 6.18 Å². The number of hydrogen-bond acceptors (Lipinski definition) is 1. The number of halogens is 3. The van der Waals surface area contributed by atoms with E-state index in [0.29, 0.717) is 10.8 Å². The Morgan fingerprint density at radius 3 is 2.46 bits per heavy atom. The van der Waals surface area contributed by atoms with Crippen LogP contribution < -0.4 is 0 Å². The second kappa shape index (κ2) is 2.73. The summed E-state index contributed by atoms with van der Waals surface area (Å²) in [6.45, 7) is 0. The van der Waals surface area contributed by atoms with Gasteiger partial charge in [0.15, 0.2) is 0 Å². The van der Waals surface area contributed by atoms with E-state index < -0.39 is 11.7 Å². The Bertz CT molecular complexity index is 428. The summed E-state index contributed by atoms with van der Waals surface area (Å²) in [7, 11) is 0. The van der Waals surface area contributed by atoms with Crippen LogP contribution in [0.5, 0.6) is 0 Å². The standard InChI is InChI=1S/C9H3F3S/c10-9(11,12)8-2-1-6-4-13-5-7(6)3-8/h1-3H. The maximum Gasteiger partial charge on any atom is 0.416 e. The van der Waals surface area contributed by atoms with Gasteiger partial charge >= 0.3 is 6.18 Å². The fourth-order valence-electron chi connectivity index (χ4n) is 1.03. The first-order valence-corrected chi connectivity index (χ1v) is 4.28. The van der Waals surface area contributed by atoms with Crippen molar-refractivity contribution in [3.8, 4) is 0 Å². The highest BCUT2D eigenvalue weighted by molar-refractivity contribution is 7.08. The molecule has 0 N–H and O–H groups in total. The molecule has 2 aromatic rings. The average molecular weight is 200 g/mol. The van der Waals surface area contributed by atoms with Crippen LogP contribution in [0.3, 0.4) is 0 Å². The first kappa shape index (κ1) is 8.56. The number of rotatable bonds is 0. The maximum absolute atomic E-state index is 12.2. The lowest BCUT2D eigenvalue weighted by molar-refractivity contribution is -0.137. The van der Waals surface area contributed by atoms with Crippen molar-refractivity contribution in [2.75, 3.05) is 0 Å². The second-order valence-corrected chi connectivity index (χ2v) is 3.18. The van der Waals surface area contributed by atoms with Crippen LogP contribution in [0.2, 0.25) is 0 Å². The number of fused-ring (bicyclic) bond motifs is 1. The van der Waals surface area contributed by atoms with Gasteiger partial charge in [0.25, 0.3) is 0 Å². The van der Waals surface area contributed by atoms with Gasteiger partial charge in [0, 0.05) is 10.8 Å². The summed E-state index contributed by atoms with van der Waals surface area (Å²) < 4.78 is 36.6. The molecule has 0 aliphatic carbocycles. The number of thiophene rings is 1. The van der Waals surface area contributed by atoms with Crippen LogP contribution in [0, 0.1) is 10.8 Å². The zero-order valence-electron chi connectivity index (χ0n) is 6.27. The molecule has 2 rings (SSSR count). The van der Waals surface area contributed by atoms with Crippen molar-refractivity contribution < 1.29 is 13.2 Å². The van der Waals surface area contributed by atoms with E-state index in [-0.39, 0.29) is 0 Å². The van der Waals surface area contributed by atoms with E-state index in [1.807, 2.05) is 0 Å². The van der Waals surface area contributed by atoms with Gasteiger partial charge in [-0.25, -0.2) is 0 Å². The molecule has 0 atom stereocenters. The molecule has 0 fully saturated rings. The zero-order valence-corrected chi connectivity index (χ0v) is 7.09. The lowest BCUT2D eigenvalue weighted by Crippen LogP contribution is -2.03. The minimum atomic E-state index is -4.27. The van der Waals surface area contributed by atoms with E-state index in [9.17, 15) is 13.2 Å². The van der Waals surface area contributed by atoms with Crippen LogP contribution in [-0.2, 0) is 6.18 Å². The van der Waals surface area contributed by atoms with Gasteiger partial charge in [0.2, 0.25) is 0 Å². The molecule has 0 spiro atoms. The summed E-state index contributed by atoms with van der Waals surface area (Å²) in [4.78, 5) is 0. The van der Waals surface area contributed by atoms with Crippen LogP contribution in [0.1, 0.15) is 5.56 Å². The topological polar surface area (TPSA) is 0 Å². The van der Waals surface area contributed by atoms with E-state index in [4.69, 9.17) is 0 Å². The van der Waals surface area contributed by atoms with Crippen LogP contribution in [0.4, 0.5) is 13.2 Å². The minimum Gasteiger partial charge on any atom is -0.166 e. The van der Waals surface area contributed by atoms with Gasteiger partial charge in [-0.15, -0.1) is 11.3 Å². The van der Waals surface area contributed by atoms with Gasteiger partial charge in [-0.2, -0.15) is 13.2 Å². The number of benzene rings is 1. The molecule has 1 heterocycles. The summed E-state index contributed by atoms with van der Waals surface area (Å²) in [5.41, 5.74) is -0.636. The first-order chi connectivity index (χ1) is 6.07. The molecule has 0 saturated heterocycles. The Labute approximate surface area is 76.6 Å². The molecule has 13 heavy (non-hydrogen) atoms. The lowest BCUT2D eigenvalue weighted by atomic mass is 10.1. The quantitative estimate of drug-likeness (QED) is 0.610. The van der Waals surface area contributed by atoms with Crippen LogP contribution in [0.25, 0.3) is 10.8 Å². The van der Waals surface area contributed by atoms with Crippen LogP contribution in [-0.4, -0.2) is 0 Å². The van der Waals surface area contributed by atoms with Crippen LogP contribution >= 0.6 is 11.3 Å². The fourth-order valence-corrected chi connectivity index (χ4v) is 1.65. The largest absolute Gasteiger partial charge is 0.416 e. The summed E-state index contributed by atoms with van der Waals surface area (Å²) in [6.07, 6.45) is -4.27. The molecule has 0 saturated carbocycles. The molecule has 4 heteroatoms. The molecule has 2 radical (unpaired) electrons. The summed E-state index contributed by atoms with van der Waals surface area (Å²) in [5.74, 6) is 0. The third-order valence-corrected chi connectivity index (χ3v) is 2.31. The van der Waals surface area contributed by atoms with Crippen LogP contribution in [0.15, 0.2) is 18.2 Å². The third-order valence-electron chi connectivity index (χ3n) is 1.67. The maximum atomic E-state index is 12.2. The SMILES string of the molecule is FC(F)(F)c1ccc2[c]s[c]c2c1. The average Bonchev–Trinajstić information content (AvgIpc) is 2.47. The van der Waals surface area contributed by atoms with Crippen molar-refractivity contribution in [1.29, 1.82) is 0 Å². The highest BCUT2D eigenvalue weighted by Crippen LogP contribution is 2.31. The number of alkyl halides is 3. The highest BCUT2D eigenvalue weighted by Gasteiger charge is 2.30. The van der Waals surface area contributed by atoms with Gasteiger partial charge in [-0.3, -0.25) is 0 Å². The molecular formula is C9H3F3S. The summed E-state index contributed by atoms with van der Waals surface area (Å²) >= 11 is 1.15. The Morgan fingerprint density at radius 1 is 1.08 bits per heavy atom. The second-order valence-electron chi connectivity index (χ2n) is 2.56. The highest BCUT2D eigenvalue weighted by atomic mass is 32.1. The number of hydrogen-bond donors (Lipinski definition) is 0. The predicted octanol–water partition coefficient (Wildman–Crippen LogP) is 3.52. The van der Waals surface area contributed by atoms with E-state index in [2.05, 4.69) is 10.8 Å². The van der Waals surface area contributed by atoms with Crippen molar-refractivity contribution in [3.63, 3.8) is 0 Å². The van der Waals surface area contributed by atoms with Gasteiger partial charge < -0.3 is 0 Å². The van der Waals surface area contributed by atoms with Crippen molar-refractivity contribution in [2.24, 2.45) is 0 Å². The zero-order chi connectivity index (χ0) is 9.47. The molecule has 0 amide bonds. The Morgan fingerprint density at radius 2 is 1.77 bits per heavy atom. The van der Waals surface area contributed by atoms with E-state index in [1.165, 1.54) is 6.07 Å². The molecule has 66 valence electrons. The minimum absolute atomic E-state index is 0.472. The van der Waals surface area contributed by atoms with E-state index >= 15 is 0 Å². The Kier molecular flexibility index (Phi) is 1.80. The van der Waals surface area contributed by atoms with Crippen molar-refractivity contribution in [3.05, 3.63) is 34.5 Å². The molecule has 0 aliphatic heterocycles. The molecule has 0 bridgehead atoms. The van der Waals surface area contributed by atoms with Gasteiger partial charge in [-0.1, -0.05) is 6.07 Å². The molecule has 0 aliphatic rings. The third kappa shape index (κ3) is 1.54. The summed E-state index contributed by atoms with van der Waals surface area (Å²) in [6, 6.07) is 3.55. The Hall–Kier alpha value is -1.03. The van der Waals surface area contributed by atoms with Gasteiger partial charge in [0.05, 0.1) is 16.3 Å². The normalized spacial score (nSPS) is 12.2. The monoisotopic (exact) mass is 200 g/mol. The van der Waals surface area contributed by atoms with Gasteiger partial charge in [-0.05, 0) is 12.1 Å². The lowest BCUT2D eigenvalue weighted by Gasteiger charge is -2.05. The molecular weight excluding hydrogens is 197 g/mol. The smallest absolute Gasteiger partial charge is 0.166 e. The van der Waals surface area contributed by atoms with E-state index in [1.54, 1.807) is 0 Å². The first-order valence-electron chi connectivity index (χ1n) is 3.46. The van der Waals surface area contributed by atoms with Crippen molar-refractivity contribution >= 4 is 22.1 Å². The molecule has 1 aromatic heterocycles. The van der Waals surface area contributed by atoms with Gasteiger partial charge in [0.1, 0.15) is 0 Å². The summed E-state index contributed by atoms with van der Waals surface area (Å²) in [5, 5.41) is 6.69. The Balaban J connectivity index is 2.61.